The summed E-state index contributed by atoms with van der Waals surface area (Å²) >= 11 is 2.26. The van der Waals surface area contributed by atoms with E-state index in [4.69, 9.17) is 9.47 Å². The van der Waals surface area contributed by atoms with Crippen LogP contribution in [0.15, 0.2) is 0 Å². The van der Waals surface area contributed by atoms with Gasteiger partial charge in [-0.1, -0.05) is 35.4 Å². The summed E-state index contributed by atoms with van der Waals surface area (Å²) in [6.07, 6.45) is 1.87. The second-order valence-corrected chi connectivity index (χ2v) is 5.44. The highest BCUT2D eigenvalue weighted by atomic mass is 127. The van der Waals surface area contributed by atoms with Gasteiger partial charge in [-0.25, -0.2) is 0 Å². The van der Waals surface area contributed by atoms with E-state index in [0.717, 1.165) is 30.1 Å². The molecule has 3 rings (SSSR count). The summed E-state index contributed by atoms with van der Waals surface area (Å²) in [5.74, 6) is 0.0462. The lowest BCUT2D eigenvalue weighted by atomic mass is 9.85. The minimum atomic E-state index is -0.901. The van der Waals surface area contributed by atoms with Crippen LogP contribution in [0.4, 0.5) is 0 Å². The van der Waals surface area contributed by atoms with Crippen LogP contribution in [0.1, 0.15) is 25.7 Å². The molecule has 0 aromatic rings. The zero-order valence-corrected chi connectivity index (χ0v) is 11.4. The first kappa shape index (κ1) is 13.0. The van der Waals surface area contributed by atoms with Crippen LogP contribution in [0, 0.1) is 5.92 Å². The molecule has 3 aliphatic rings. The summed E-state index contributed by atoms with van der Waals surface area (Å²) in [6, 6.07) is 0. The highest BCUT2D eigenvalue weighted by Gasteiger charge is 2.44. The highest BCUT2D eigenvalue weighted by molar-refractivity contribution is 14.1. The van der Waals surface area contributed by atoms with Gasteiger partial charge >= 0.3 is 0 Å². The average molecular weight is 342 g/mol. The Morgan fingerprint density at radius 2 is 1.94 bits per heavy atom. The Kier molecular flexibility index (Phi) is 4.84. The van der Waals surface area contributed by atoms with Gasteiger partial charge in [-0.3, -0.25) is 0 Å². The number of alkyl halides is 1. The SMILES string of the molecule is OC1C2OCCCCCC(C(CI)O2)C1O. The minimum absolute atomic E-state index is 0.00194. The smallest absolute Gasteiger partial charge is 0.186 e. The molecule has 0 amide bonds. The van der Waals surface area contributed by atoms with Gasteiger partial charge in [0.15, 0.2) is 6.29 Å². The summed E-state index contributed by atoms with van der Waals surface area (Å²) in [7, 11) is 0. The van der Waals surface area contributed by atoms with Crippen molar-refractivity contribution < 1.29 is 19.7 Å². The van der Waals surface area contributed by atoms with E-state index < -0.39 is 18.5 Å². The maximum atomic E-state index is 10.1. The molecule has 5 heteroatoms. The molecule has 0 spiro atoms. The number of aliphatic hydroxyl groups excluding tert-OH is 2. The summed E-state index contributed by atoms with van der Waals surface area (Å²) in [6.45, 7) is 0.604. The van der Waals surface area contributed by atoms with Crippen molar-refractivity contribution in [2.45, 2.75) is 50.3 Å². The lowest BCUT2D eigenvalue weighted by Crippen LogP contribution is -2.56. The quantitative estimate of drug-likeness (QED) is 0.553. The first-order chi connectivity index (χ1) is 7.74. The molecule has 4 nitrogen and oxygen atoms in total. The number of rotatable bonds is 1. The first-order valence-electron chi connectivity index (χ1n) is 5.93. The predicted molar refractivity (Wildman–Crippen MR) is 67.5 cm³/mol. The average Bonchev–Trinajstić information content (AvgIpc) is 2.31. The Labute approximate surface area is 109 Å². The van der Waals surface area contributed by atoms with Gasteiger partial charge in [-0.15, -0.1) is 0 Å². The monoisotopic (exact) mass is 342 g/mol. The molecule has 0 aromatic carbocycles. The summed E-state index contributed by atoms with van der Waals surface area (Å²) in [4.78, 5) is 0. The fraction of sp³-hybridized carbons (Fsp3) is 1.00. The van der Waals surface area contributed by atoms with Crippen molar-refractivity contribution >= 4 is 22.6 Å². The summed E-state index contributed by atoms with van der Waals surface area (Å²) < 4.78 is 12.0. The van der Waals surface area contributed by atoms with E-state index in [1.807, 2.05) is 0 Å². The van der Waals surface area contributed by atoms with Crippen LogP contribution in [-0.4, -0.2) is 45.8 Å². The molecule has 0 aromatic heterocycles. The standard InChI is InChI=1S/C11H19IO4/c12-6-8-7-4-2-1-3-5-15-11(16-8)10(14)9(7)13/h7-11,13-14H,1-6H2. The van der Waals surface area contributed by atoms with Crippen molar-refractivity contribution in [3.63, 3.8) is 0 Å². The highest BCUT2D eigenvalue weighted by Crippen LogP contribution is 2.32. The molecule has 3 heterocycles. The zero-order valence-electron chi connectivity index (χ0n) is 9.22. The van der Waals surface area contributed by atoms with Gasteiger partial charge in [0.05, 0.1) is 12.2 Å². The van der Waals surface area contributed by atoms with E-state index in [0.29, 0.717) is 6.61 Å². The number of hydrogen-bond donors (Lipinski definition) is 2. The van der Waals surface area contributed by atoms with Gasteiger partial charge < -0.3 is 19.7 Å². The van der Waals surface area contributed by atoms with Gasteiger partial charge in [0.25, 0.3) is 0 Å². The molecule has 5 unspecified atom stereocenters. The van der Waals surface area contributed by atoms with E-state index >= 15 is 0 Å². The predicted octanol–water partition coefficient (Wildman–Crippen LogP) is 1.07. The summed E-state index contributed by atoms with van der Waals surface area (Å²) in [5.41, 5.74) is 0. The topological polar surface area (TPSA) is 58.9 Å². The van der Waals surface area contributed by atoms with E-state index in [1.165, 1.54) is 0 Å². The molecular weight excluding hydrogens is 323 g/mol. The van der Waals surface area contributed by atoms with Crippen LogP contribution in [0.25, 0.3) is 0 Å². The Bertz CT molecular complexity index is 222. The van der Waals surface area contributed by atoms with Crippen LogP contribution in [0.2, 0.25) is 0 Å². The van der Waals surface area contributed by atoms with Gasteiger partial charge in [-0.2, -0.15) is 0 Å². The third kappa shape index (κ3) is 2.69. The molecule has 5 atom stereocenters. The van der Waals surface area contributed by atoms with Crippen molar-refractivity contribution in [3.8, 4) is 0 Å². The van der Waals surface area contributed by atoms with Crippen molar-refractivity contribution in [2.24, 2.45) is 5.92 Å². The molecule has 94 valence electrons. The maximum Gasteiger partial charge on any atom is 0.186 e. The van der Waals surface area contributed by atoms with E-state index in [9.17, 15) is 10.2 Å². The van der Waals surface area contributed by atoms with Crippen molar-refractivity contribution in [3.05, 3.63) is 0 Å². The van der Waals surface area contributed by atoms with Crippen LogP contribution < -0.4 is 0 Å². The van der Waals surface area contributed by atoms with Gasteiger partial charge in [0, 0.05) is 17.0 Å². The molecule has 0 saturated carbocycles. The summed E-state index contributed by atoms with van der Waals surface area (Å²) in [5, 5.41) is 20.0. The van der Waals surface area contributed by atoms with Crippen LogP contribution in [-0.2, 0) is 9.47 Å². The Balaban J connectivity index is 2.12. The van der Waals surface area contributed by atoms with Crippen molar-refractivity contribution in [1.29, 1.82) is 0 Å². The lowest BCUT2D eigenvalue weighted by molar-refractivity contribution is -0.283. The van der Waals surface area contributed by atoms with Crippen LogP contribution in [0.3, 0.4) is 0 Å². The molecule has 0 radical (unpaired) electrons. The fourth-order valence-corrected chi connectivity index (χ4v) is 3.35. The van der Waals surface area contributed by atoms with E-state index in [2.05, 4.69) is 22.6 Å². The Hall–Kier alpha value is 0.570. The van der Waals surface area contributed by atoms with Gasteiger partial charge in [0.1, 0.15) is 6.10 Å². The molecule has 3 aliphatic heterocycles. The maximum absolute atomic E-state index is 10.1. The minimum Gasteiger partial charge on any atom is -0.390 e. The third-order valence-corrected chi connectivity index (χ3v) is 4.34. The molecule has 0 aliphatic carbocycles. The zero-order chi connectivity index (χ0) is 11.5. The number of fused-ring (bicyclic) bond motifs is 7. The molecule has 16 heavy (non-hydrogen) atoms. The van der Waals surface area contributed by atoms with Crippen LogP contribution in [0.5, 0.6) is 0 Å². The number of halogens is 1. The Morgan fingerprint density at radius 1 is 1.12 bits per heavy atom. The van der Waals surface area contributed by atoms with Gasteiger partial charge in [-0.05, 0) is 12.8 Å². The second kappa shape index (κ2) is 5.95. The molecule has 3 fully saturated rings. The van der Waals surface area contributed by atoms with E-state index in [-0.39, 0.29) is 12.0 Å². The van der Waals surface area contributed by atoms with Crippen molar-refractivity contribution in [2.75, 3.05) is 11.0 Å². The van der Waals surface area contributed by atoms with Crippen molar-refractivity contribution in [1.82, 2.24) is 0 Å². The number of ether oxygens (including phenoxy) is 2. The van der Waals surface area contributed by atoms with E-state index in [1.54, 1.807) is 0 Å². The van der Waals surface area contributed by atoms with Gasteiger partial charge in [0.2, 0.25) is 0 Å². The normalized spacial score (nSPS) is 45.6. The third-order valence-electron chi connectivity index (χ3n) is 3.47. The van der Waals surface area contributed by atoms with Crippen LogP contribution >= 0.6 is 22.6 Å². The first-order valence-corrected chi connectivity index (χ1v) is 7.45. The lowest BCUT2D eigenvalue weighted by Gasteiger charge is -2.43. The molecule has 2 bridgehead atoms. The molecule has 2 N–H and O–H groups in total. The fourth-order valence-electron chi connectivity index (χ4n) is 2.49. The number of hydrogen-bond acceptors (Lipinski definition) is 4. The largest absolute Gasteiger partial charge is 0.390 e. The molecular formula is C11H19IO4. The second-order valence-electron chi connectivity index (χ2n) is 4.56. The Morgan fingerprint density at radius 3 is 2.69 bits per heavy atom. The number of aliphatic hydroxyl groups is 2. The molecule has 3 saturated heterocycles.